The van der Waals surface area contributed by atoms with Gasteiger partial charge in [-0.2, -0.15) is 0 Å². The summed E-state index contributed by atoms with van der Waals surface area (Å²) >= 11 is 0. The van der Waals surface area contributed by atoms with Gasteiger partial charge >= 0.3 is 0 Å². The van der Waals surface area contributed by atoms with Crippen molar-refractivity contribution in [1.29, 1.82) is 0 Å². The summed E-state index contributed by atoms with van der Waals surface area (Å²) in [6.07, 6.45) is 0.948. The molecular weight excluding hydrogens is 629 g/mol. The molecule has 0 bridgehead atoms. The molecule has 0 heterocycles. The first kappa shape index (κ1) is 32.6. The highest BCUT2D eigenvalue weighted by molar-refractivity contribution is 5.82. The number of aryl methyl sites for hydroxylation is 1. The van der Waals surface area contributed by atoms with Crippen LogP contribution < -0.4 is 9.80 Å². The molecule has 0 radical (unpaired) electrons. The zero-order valence-corrected chi connectivity index (χ0v) is 29.3. The van der Waals surface area contributed by atoms with Crippen molar-refractivity contribution < 1.29 is 0 Å². The van der Waals surface area contributed by atoms with E-state index in [4.69, 9.17) is 0 Å². The van der Waals surface area contributed by atoms with Crippen molar-refractivity contribution in [3.8, 4) is 22.3 Å². The summed E-state index contributed by atoms with van der Waals surface area (Å²) in [5.41, 5.74) is 15.4. The van der Waals surface area contributed by atoms with Crippen molar-refractivity contribution in [3.63, 3.8) is 0 Å². The van der Waals surface area contributed by atoms with Gasteiger partial charge < -0.3 is 9.80 Å². The monoisotopic (exact) mass is 668 g/mol. The molecule has 0 amide bonds. The number of anilines is 6. The van der Waals surface area contributed by atoms with Gasteiger partial charge in [-0.15, -0.1) is 0 Å². The van der Waals surface area contributed by atoms with Crippen LogP contribution in [0.1, 0.15) is 16.7 Å². The van der Waals surface area contributed by atoms with Gasteiger partial charge in [0.15, 0.2) is 0 Å². The fourth-order valence-electron chi connectivity index (χ4n) is 6.87. The zero-order chi connectivity index (χ0) is 35.1. The molecule has 2 heteroatoms. The van der Waals surface area contributed by atoms with Gasteiger partial charge in [-0.3, -0.25) is 0 Å². The Morgan fingerprint density at radius 3 is 1.08 bits per heavy atom. The van der Waals surface area contributed by atoms with Crippen LogP contribution in [0.4, 0.5) is 34.1 Å². The van der Waals surface area contributed by atoms with Crippen molar-refractivity contribution in [2.24, 2.45) is 0 Å². The number of benzene rings is 8. The molecule has 2 nitrogen and oxygen atoms in total. The van der Waals surface area contributed by atoms with Crippen LogP contribution in [0, 0.1) is 6.92 Å². The van der Waals surface area contributed by atoms with E-state index < -0.39 is 0 Å². The second-order valence-corrected chi connectivity index (χ2v) is 13.2. The lowest BCUT2D eigenvalue weighted by Crippen LogP contribution is -2.12. The molecule has 8 rings (SSSR count). The van der Waals surface area contributed by atoms with Crippen LogP contribution in [-0.2, 0) is 6.42 Å². The highest BCUT2D eigenvalue weighted by Gasteiger charge is 2.16. The molecule has 250 valence electrons. The first-order valence-electron chi connectivity index (χ1n) is 17.9. The molecule has 0 spiro atoms. The Kier molecular flexibility index (Phi) is 9.44. The Bertz CT molecular complexity index is 2330. The molecule has 0 aliphatic heterocycles. The summed E-state index contributed by atoms with van der Waals surface area (Å²) in [5, 5.41) is 0. The molecule has 8 aromatic rings. The molecule has 8 aromatic carbocycles. The number of nitrogens with zero attached hydrogens (tertiary/aromatic N) is 2. The molecule has 0 N–H and O–H groups in total. The van der Waals surface area contributed by atoms with E-state index in [1.165, 1.54) is 38.9 Å². The van der Waals surface area contributed by atoms with E-state index in [-0.39, 0.29) is 0 Å². The normalized spacial score (nSPS) is 10.9. The quantitative estimate of drug-likeness (QED) is 0.143. The molecule has 0 atom stereocenters. The number of rotatable bonds is 10. The molecule has 0 fully saturated rings. The Hall–Kier alpha value is -6.64. The van der Waals surface area contributed by atoms with Crippen LogP contribution in [0.5, 0.6) is 0 Å². The minimum atomic E-state index is 0.948. The first-order chi connectivity index (χ1) is 25.7. The average Bonchev–Trinajstić information content (AvgIpc) is 3.21. The third kappa shape index (κ3) is 7.28. The SMILES string of the molecule is Cc1cccc(N(c2ccccc2)c2ccc(N(c3ccccc3)c3ccc(-c4ccc(-c5ccc(Cc6ccccc6)cc5)cc4)cc3)cc2)c1. The summed E-state index contributed by atoms with van der Waals surface area (Å²) < 4.78 is 0. The van der Waals surface area contributed by atoms with Crippen molar-refractivity contribution in [2.45, 2.75) is 13.3 Å². The topological polar surface area (TPSA) is 6.48 Å². The minimum Gasteiger partial charge on any atom is -0.311 e. The molecule has 0 aromatic heterocycles. The fourth-order valence-corrected chi connectivity index (χ4v) is 6.87. The van der Waals surface area contributed by atoms with Crippen LogP contribution in [-0.4, -0.2) is 0 Å². The molecule has 52 heavy (non-hydrogen) atoms. The highest BCUT2D eigenvalue weighted by atomic mass is 15.2. The Balaban J connectivity index is 1.04. The van der Waals surface area contributed by atoms with Crippen molar-refractivity contribution in [2.75, 3.05) is 9.80 Å². The lowest BCUT2D eigenvalue weighted by molar-refractivity contribution is 1.19. The third-order valence-electron chi connectivity index (χ3n) is 9.54. The molecular formula is C50H40N2. The lowest BCUT2D eigenvalue weighted by atomic mass is 9.98. The van der Waals surface area contributed by atoms with Crippen LogP contribution in [0.2, 0.25) is 0 Å². The maximum Gasteiger partial charge on any atom is 0.0464 e. The fraction of sp³-hybridized carbons (Fsp3) is 0.0400. The molecule has 0 aliphatic rings. The Morgan fingerprint density at radius 1 is 0.288 bits per heavy atom. The summed E-state index contributed by atoms with van der Waals surface area (Å²) in [5.74, 6) is 0. The number of hydrogen-bond acceptors (Lipinski definition) is 2. The predicted molar refractivity (Wildman–Crippen MR) is 221 cm³/mol. The number of para-hydroxylation sites is 2. The van der Waals surface area contributed by atoms with Crippen LogP contribution in [0.15, 0.2) is 212 Å². The minimum absolute atomic E-state index is 0.948. The standard InChI is InChI=1S/C50H40N2/c1-38-12-11-19-50(36-38)52(46-17-9-4-10-18-46)49-34-32-48(33-35-49)51(45-15-7-3-8-16-45)47-30-28-44(29-31-47)43-26-24-42(25-27-43)41-22-20-40(21-23-41)37-39-13-5-2-6-14-39/h2-36H,37H2,1H3. The predicted octanol–water partition coefficient (Wildman–Crippen LogP) is 13.9. The summed E-state index contributed by atoms with van der Waals surface area (Å²) in [6.45, 7) is 2.14. The highest BCUT2D eigenvalue weighted by Crippen LogP contribution is 2.39. The Morgan fingerprint density at radius 2 is 0.615 bits per heavy atom. The van der Waals surface area contributed by atoms with Gasteiger partial charge in [-0.25, -0.2) is 0 Å². The maximum atomic E-state index is 2.32. The van der Waals surface area contributed by atoms with Crippen molar-refractivity contribution in [3.05, 3.63) is 229 Å². The van der Waals surface area contributed by atoms with Gasteiger partial charge in [-0.1, -0.05) is 140 Å². The molecule has 0 aliphatic carbocycles. The molecule has 0 saturated carbocycles. The van der Waals surface area contributed by atoms with E-state index in [1.54, 1.807) is 0 Å². The van der Waals surface area contributed by atoms with Crippen LogP contribution >= 0.6 is 0 Å². The number of hydrogen-bond donors (Lipinski definition) is 0. The summed E-state index contributed by atoms with van der Waals surface area (Å²) in [7, 11) is 0. The molecule has 0 saturated heterocycles. The smallest absolute Gasteiger partial charge is 0.0464 e. The van der Waals surface area contributed by atoms with E-state index in [0.29, 0.717) is 0 Å². The van der Waals surface area contributed by atoms with Gasteiger partial charge in [0.25, 0.3) is 0 Å². The summed E-state index contributed by atoms with van der Waals surface area (Å²) in [6, 6.07) is 76.0. The third-order valence-corrected chi connectivity index (χ3v) is 9.54. The lowest BCUT2D eigenvalue weighted by Gasteiger charge is -2.28. The van der Waals surface area contributed by atoms with Crippen molar-refractivity contribution in [1.82, 2.24) is 0 Å². The van der Waals surface area contributed by atoms with E-state index in [1.807, 2.05) is 0 Å². The van der Waals surface area contributed by atoms with Gasteiger partial charge in [0.2, 0.25) is 0 Å². The van der Waals surface area contributed by atoms with Gasteiger partial charge in [0, 0.05) is 34.1 Å². The molecule has 0 unspecified atom stereocenters. The van der Waals surface area contributed by atoms with E-state index in [2.05, 4.69) is 229 Å². The largest absolute Gasteiger partial charge is 0.311 e. The van der Waals surface area contributed by atoms with E-state index in [0.717, 1.165) is 40.5 Å². The first-order valence-corrected chi connectivity index (χ1v) is 17.9. The maximum absolute atomic E-state index is 2.32. The zero-order valence-electron chi connectivity index (χ0n) is 29.3. The second kappa shape index (κ2) is 15.1. The summed E-state index contributed by atoms with van der Waals surface area (Å²) in [4.78, 5) is 4.63. The second-order valence-electron chi connectivity index (χ2n) is 13.2. The van der Waals surface area contributed by atoms with Crippen LogP contribution in [0.25, 0.3) is 22.3 Å². The van der Waals surface area contributed by atoms with Gasteiger partial charge in [0.1, 0.15) is 0 Å². The average molecular weight is 669 g/mol. The van der Waals surface area contributed by atoms with Crippen molar-refractivity contribution >= 4 is 34.1 Å². The Labute approximate surface area is 307 Å². The van der Waals surface area contributed by atoms with Gasteiger partial charge in [-0.05, 0) is 125 Å². The van der Waals surface area contributed by atoms with Crippen LogP contribution in [0.3, 0.4) is 0 Å². The van der Waals surface area contributed by atoms with Gasteiger partial charge in [0.05, 0.1) is 0 Å². The van der Waals surface area contributed by atoms with E-state index in [9.17, 15) is 0 Å². The van der Waals surface area contributed by atoms with E-state index >= 15 is 0 Å².